The summed E-state index contributed by atoms with van der Waals surface area (Å²) < 4.78 is 5.50. The summed E-state index contributed by atoms with van der Waals surface area (Å²) in [7, 11) is 0. The van der Waals surface area contributed by atoms with Crippen LogP contribution in [0.15, 0.2) is 35.3 Å². The van der Waals surface area contributed by atoms with E-state index in [9.17, 15) is 58.8 Å². The largest absolute Gasteiger partial charge is 0.481 e. The topological polar surface area (TPSA) is 375 Å². The van der Waals surface area contributed by atoms with Gasteiger partial charge in [-0.3, -0.25) is 43.3 Å². The average molecular weight is 835 g/mol. The van der Waals surface area contributed by atoms with E-state index in [0.717, 1.165) is 6.92 Å². The summed E-state index contributed by atoms with van der Waals surface area (Å²) >= 11 is 0. The number of ether oxygens (including phenoxy) is 1. The lowest BCUT2D eigenvalue weighted by Gasteiger charge is -2.41. The van der Waals surface area contributed by atoms with Gasteiger partial charge < -0.3 is 73.8 Å². The highest BCUT2D eigenvalue weighted by Gasteiger charge is 2.47. The number of carbonyl (C=O) groups is 8. The third-order valence-electron chi connectivity index (χ3n) is 9.35. The van der Waals surface area contributed by atoms with Crippen LogP contribution in [0.5, 0.6) is 0 Å². The van der Waals surface area contributed by atoms with Crippen molar-refractivity contribution in [2.24, 2.45) is 16.5 Å². The molecule has 0 radical (unpaired) electrons. The van der Waals surface area contributed by atoms with Crippen LogP contribution in [0.3, 0.4) is 0 Å². The fourth-order valence-electron chi connectivity index (χ4n) is 6.36. The minimum absolute atomic E-state index is 0.0213. The maximum atomic E-state index is 13.9. The molecule has 1 aromatic rings. The molecule has 0 aliphatic carbocycles. The Morgan fingerprint density at radius 1 is 0.831 bits per heavy atom. The molecular formula is C36H54N10O13. The monoisotopic (exact) mass is 834 g/mol. The van der Waals surface area contributed by atoms with Crippen molar-refractivity contribution in [1.29, 1.82) is 0 Å². The van der Waals surface area contributed by atoms with Crippen molar-refractivity contribution in [3.8, 4) is 0 Å². The Morgan fingerprint density at radius 2 is 1.44 bits per heavy atom. The van der Waals surface area contributed by atoms with Crippen molar-refractivity contribution >= 4 is 53.3 Å². The number of rotatable bonds is 16. The van der Waals surface area contributed by atoms with E-state index in [0.29, 0.717) is 5.56 Å². The third kappa shape index (κ3) is 15.4. The second-order valence-electron chi connectivity index (χ2n) is 14.0. The first-order valence-electron chi connectivity index (χ1n) is 19.0. The van der Waals surface area contributed by atoms with Gasteiger partial charge >= 0.3 is 5.97 Å². The second kappa shape index (κ2) is 23.5. The highest BCUT2D eigenvalue weighted by atomic mass is 16.5. The van der Waals surface area contributed by atoms with E-state index in [-0.39, 0.29) is 57.6 Å². The molecule has 0 saturated carbocycles. The zero-order valence-electron chi connectivity index (χ0n) is 32.4. The average Bonchev–Trinajstić information content (AvgIpc) is 3.18. The molecular weight excluding hydrogens is 780 g/mol. The summed E-state index contributed by atoms with van der Waals surface area (Å²) in [6.07, 6.45) is -6.56. The maximum absolute atomic E-state index is 13.9. The molecule has 59 heavy (non-hydrogen) atoms. The lowest BCUT2D eigenvalue weighted by atomic mass is 9.92. The molecule has 2 heterocycles. The van der Waals surface area contributed by atoms with Crippen LogP contribution in [0.25, 0.3) is 0 Å². The van der Waals surface area contributed by atoms with Gasteiger partial charge in [0.1, 0.15) is 42.5 Å². The molecule has 2 fully saturated rings. The number of hydrogen-bond acceptors (Lipinski definition) is 13. The number of nitrogens with zero attached hydrogens (tertiary/aromatic N) is 1. The Kier molecular flexibility index (Phi) is 18.9. The molecule has 2 aliphatic rings. The van der Waals surface area contributed by atoms with Gasteiger partial charge in [0.25, 0.3) is 5.91 Å². The number of hydrogen-bond donors (Lipinski definition) is 13. The molecule has 0 aromatic heterocycles. The number of aliphatic hydroxyl groups is 3. The third-order valence-corrected chi connectivity index (χ3v) is 9.35. The number of guanidine groups is 1. The first-order valence-corrected chi connectivity index (χ1v) is 19.0. The van der Waals surface area contributed by atoms with E-state index in [1.165, 1.54) is 0 Å². The van der Waals surface area contributed by atoms with E-state index in [4.69, 9.17) is 16.2 Å². The number of nitrogens with two attached hydrogens (primary N) is 2. The lowest BCUT2D eigenvalue weighted by molar-refractivity contribution is -0.198. The SMILES string of the molecule is CC(=O)N[C@@H]1[C@@H](O)[C@H](O)[C@@H](CO)O[C@H]1C(=O)NCCCC[C@@H]1NC(=O)[C@@H](Cc2ccccc2)NC(=O)[C@H](CC(=O)O)NC(=O)CNC(=O)[C@H](CCCN=C(N)N)NC1=O. The second-order valence-corrected chi connectivity index (χ2v) is 14.0. The van der Waals surface area contributed by atoms with Crippen LogP contribution in [-0.2, 0) is 49.5 Å². The quantitative estimate of drug-likeness (QED) is 0.0419. The Labute approximate surface area is 338 Å². The molecule has 0 bridgehead atoms. The summed E-state index contributed by atoms with van der Waals surface area (Å²) in [6.45, 7) is -0.236. The predicted octanol–water partition coefficient (Wildman–Crippen LogP) is -5.90. The van der Waals surface area contributed by atoms with Crippen LogP contribution < -0.4 is 48.7 Å². The Balaban J connectivity index is 1.86. The van der Waals surface area contributed by atoms with E-state index in [1.54, 1.807) is 30.3 Å². The minimum atomic E-state index is -1.65. The summed E-state index contributed by atoms with van der Waals surface area (Å²) in [6, 6.07) is 1.49. The highest BCUT2D eigenvalue weighted by Crippen LogP contribution is 2.22. The number of unbranched alkanes of at least 4 members (excludes halogenated alkanes) is 1. The first kappa shape index (κ1) is 47.5. The fraction of sp³-hybridized carbons (Fsp3) is 0.583. The maximum Gasteiger partial charge on any atom is 0.305 e. The molecule has 0 spiro atoms. The van der Waals surface area contributed by atoms with Gasteiger partial charge in [-0.25, -0.2) is 0 Å². The fourth-order valence-corrected chi connectivity index (χ4v) is 6.36. The van der Waals surface area contributed by atoms with Crippen molar-refractivity contribution in [3.05, 3.63) is 35.9 Å². The number of benzene rings is 1. The first-order chi connectivity index (χ1) is 28.0. The van der Waals surface area contributed by atoms with Crippen molar-refractivity contribution in [2.75, 3.05) is 26.2 Å². The summed E-state index contributed by atoms with van der Waals surface area (Å²) in [4.78, 5) is 108. The molecule has 2 saturated heterocycles. The Morgan fingerprint density at radius 3 is 2.07 bits per heavy atom. The summed E-state index contributed by atoms with van der Waals surface area (Å²) in [5.74, 6) is -7.45. The van der Waals surface area contributed by atoms with E-state index < -0.39 is 122 Å². The van der Waals surface area contributed by atoms with Gasteiger partial charge in [0.05, 0.1) is 25.6 Å². The van der Waals surface area contributed by atoms with Crippen LogP contribution in [0.1, 0.15) is 51.0 Å². The Hall–Kier alpha value is -5.91. The molecule has 2 aliphatic heterocycles. The van der Waals surface area contributed by atoms with Gasteiger partial charge in [0.2, 0.25) is 35.4 Å². The van der Waals surface area contributed by atoms with Crippen LogP contribution in [0, 0.1) is 0 Å². The molecule has 9 atom stereocenters. The van der Waals surface area contributed by atoms with E-state index in [1.807, 2.05) is 0 Å². The van der Waals surface area contributed by atoms with Gasteiger partial charge in [-0.2, -0.15) is 0 Å². The van der Waals surface area contributed by atoms with Crippen LogP contribution in [-0.4, -0.2) is 155 Å². The van der Waals surface area contributed by atoms with Gasteiger partial charge in [0, 0.05) is 26.4 Å². The van der Waals surface area contributed by atoms with E-state index in [2.05, 4.69) is 42.2 Å². The van der Waals surface area contributed by atoms with Crippen LogP contribution in [0.2, 0.25) is 0 Å². The van der Waals surface area contributed by atoms with E-state index >= 15 is 0 Å². The van der Waals surface area contributed by atoms with Gasteiger partial charge in [-0.1, -0.05) is 30.3 Å². The number of carboxylic acids is 1. The molecule has 0 unspecified atom stereocenters. The smallest absolute Gasteiger partial charge is 0.305 e. The minimum Gasteiger partial charge on any atom is -0.481 e. The Bertz CT molecular complexity index is 1680. The van der Waals surface area contributed by atoms with Crippen molar-refractivity contribution in [3.63, 3.8) is 0 Å². The van der Waals surface area contributed by atoms with Gasteiger partial charge in [0.15, 0.2) is 12.1 Å². The number of carboxylic acid groups (broad SMARTS) is 1. The standard InChI is InChI=1S/C36H54N10O13/c1-18(48)42-27-29(53)28(52)24(17-47)59-30(27)35(58)39-12-6-5-10-21-32(55)44-20(11-7-13-40-36(37)38)31(54)41-16-25(49)43-23(15-26(50)51)34(57)46-22(33(56)45-21)14-19-8-3-2-4-9-19/h2-4,8-9,20-24,27-30,47,52-53H,5-7,10-17H2,1H3,(H,39,58)(H,41,54)(H,42,48)(H,43,49)(H,44,55)(H,45,56)(H,46,57)(H,50,51)(H4,37,38,40)/t20-,21-,22+,23-,24+,27+,28+,29+,30+/m0/s1. The highest BCUT2D eigenvalue weighted by molar-refractivity contribution is 5.98. The van der Waals surface area contributed by atoms with Crippen LogP contribution in [0.4, 0.5) is 0 Å². The number of carbonyl (C=O) groups excluding carboxylic acids is 7. The molecule has 1 aromatic carbocycles. The van der Waals surface area contributed by atoms with Crippen molar-refractivity contribution in [1.82, 2.24) is 37.2 Å². The molecule has 3 rings (SSSR count). The molecule has 15 N–H and O–H groups in total. The molecule has 23 heteroatoms. The van der Waals surface area contributed by atoms with Crippen molar-refractivity contribution in [2.45, 2.75) is 106 Å². The number of aliphatic imine (C=N–C) groups is 1. The van der Waals surface area contributed by atoms with Crippen LogP contribution >= 0.6 is 0 Å². The van der Waals surface area contributed by atoms with Crippen molar-refractivity contribution < 1.29 is 63.5 Å². The number of amides is 7. The lowest BCUT2D eigenvalue weighted by Crippen LogP contribution is -2.67. The number of aliphatic hydroxyl groups excluding tert-OH is 3. The number of aliphatic carboxylic acids is 1. The molecule has 7 amide bonds. The summed E-state index contributed by atoms with van der Waals surface area (Å²) in [5.41, 5.74) is 11.4. The van der Waals surface area contributed by atoms with Gasteiger partial charge in [-0.15, -0.1) is 0 Å². The molecule has 326 valence electrons. The normalized spacial score (nSPS) is 26.9. The zero-order valence-corrected chi connectivity index (χ0v) is 32.4. The van der Waals surface area contributed by atoms with Gasteiger partial charge in [-0.05, 0) is 37.7 Å². The number of nitrogens with one attached hydrogen (secondary N) is 7. The molecule has 23 nitrogen and oxygen atoms in total. The predicted molar refractivity (Wildman–Crippen MR) is 205 cm³/mol. The summed E-state index contributed by atoms with van der Waals surface area (Å²) in [5, 5.41) is 57.2. The zero-order chi connectivity index (χ0) is 43.6.